The van der Waals surface area contributed by atoms with Gasteiger partial charge in [0.1, 0.15) is 5.82 Å². The lowest BCUT2D eigenvalue weighted by Gasteiger charge is -2.17. The van der Waals surface area contributed by atoms with Gasteiger partial charge in [0.05, 0.1) is 16.3 Å². The molecule has 0 bridgehead atoms. The molecule has 0 spiro atoms. The second kappa shape index (κ2) is 5.52. The Balaban J connectivity index is 1.84. The van der Waals surface area contributed by atoms with Crippen LogP contribution in [0.15, 0.2) is 53.6 Å². The highest BCUT2D eigenvalue weighted by atomic mass is 32.2. The highest BCUT2D eigenvalue weighted by Gasteiger charge is 2.34. The van der Waals surface area contributed by atoms with Gasteiger partial charge in [-0.3, -0.25) is 9.48 Å². The van der Waals surface area contributed by atoms with Gasteiger partial charge >= 0.3 is 0 Å². The summed E-state index contributed by atoms with van der Waals surface area (Å²) in [5.74, 6) is -0.353. The zero-order valence-corrected chi connectivity index (χ0v) is 14.1. The van der Waals surface area contributed by atoms with Gasteiger partial charge in [0.15, 0.2) is 15.5 Å². The van der Waals surface area contributed by atoms with E-state index in [1.807, 2.05) is 0 Å². The Morgan fingerprint density at radius 2 is 1.92 bits per heavy atom. The molecule has 4 rings (SSSR count). The molecule has 3 aromatic rings. The summed E-state index contributed by atoms with van der Waals surface area (Å²) in [4.78, 5) is 16.9. The van der Waals surface area contributed by atoms with Crippen molar-refractivity contribution in [2.75, 3.05) is 5.32 Å². The molecule has 8 heteroatoms. The lowest BCUT2D eigenvalue weighted by Crippen LogP contribution is -2.18. The van der Waals surface area contributed by atoms with Crippen LogP contribution in [-0.4, -0.2) is 29.1 Å². The number of hydrogen-bond donors (Lipinski definition) is 1. The van der Waals surface area contributed by atoms with E-state index in [9.17, 15) is 13.2 Å². The lowest BCUT2D eigenvalue weighted by molar-refractivity contribution is 0.102. The number of amides is 1. The van der Waals surface area contributed by atoms with E-state index in [-0.39, 0.29) is 16.3 Å². The van der Waals surface area contributed by atoms with Crippen LogP contribution < -0.4 is 5.32 Å². The van der Waals surface area contributed by atoms with Crippen LogP contribution in [0.5, 0.6) is 0 Å². The van der Waals surface area contributed by atoms with Gasteiger partial charge in [-0.05, 0) is 18.2 Å². The van der Waals surface area contributed by atoms with Gasteiger partial charge in [-0.25, -0.2) is 13.4 Å². The molecule has 1 N–H and O–H groups in total. The molecule has 3 heterocycles. The number of aromatic nitrogens is 3. The fourth-order valence-electron chi connectivity index (χ4n) is 3.04. The topological polar surface area (TPSA) is 93.9 Å². The first-order chi connectivity index (χ1) is 12.0. The minimum Gasteiger partial charge on any atom is -0.305 e. The normalized spacial score (nSPS) is 14.4. The molecule has 0 fully saturated rings. The Morgan fingerprint density at radius 1 is 1.16 bits per heavy atom. The van der Waals surface area contributed by atoms with Crippen LogP contribution in [0.25, 0.3) is 11.3 Å². The zero-order valence-electron chi connectivity index (χ0n) is 13.3. The Labute approximate surface area is 144 Å². The van der Waals surface area contributed by atoms with E-state index in [0.717, 1.165) is 0 Å². The maximum Gasteiger partial charge on any atom is 0.277 e. The molecule has 25 heavy (non-hydrogen) atoms. The number of sulfone groups is 1. The molecule has 0 saturated heterocycles. The van der Waals surface area contributed by atoms with Crippen molar-refractivity contribution in [3.05, 3.63) is 59.9 Å². The quantitative estimate of drug-likeness (QED) is 0.760. The zero-order chi connectivity index (χ0) is 17.6. The van der Waals surface area contributed by atoms with Crippen LogP contribution >= 0.6 is 0 Å². The van der Waals surface area contributed by atoms with E-state index in [0.29, 0.717) is 22.6 Å². The molecule has 0 radical (unpaired) electrons. The van der Waals surface area contributed by atoms with Gasteiger partial charge in [-0.2, -0.15) is 5.10 Å². The average molecular weight is 354 g/mol. The lowest BCUT2D eigenvalue weighted by atomic mass is 10.1. The first-order valence-electron chi connectivity index (χ1n) is 7.58. The number of rotatable bonds is 2. The molecule has 0 atom stereocenters. The SMILES string of the molecule is Cn1nc(C(=O)Nc2ccccn2)c2c1-c1ccccc1S(=O)(=O)C2. The molecule has 2 aromatic heterocycles. The largest absolute Gasteiger partial charge is 0.305 e. The van der Waals surface area contributed by atoms with Crippen molar-refractivity contribution in [1.29, 1.82) is 0 Å². The molecule has 1 amide bonds. The molecule has 1 aliphatic rings. The van der Waals surface area contributed by atoms with Crippen molar-refractivity contribution in [3.63, 3.8) is 0 Å². The van der Waals surface area contributed by atoms with Crippen LogP contribution in [0.2, 0.25) is 0 Å². The van der Waals surface area contributed by atoms with Gasteiger partial charge in [-0.1, -0.05) is 24.3 Å². The van der Waals surface area contributed by atoms with Crippen molar-refractivity contribution < 1.29 is 13.2 Å². The van der Waals surface area contributed by atoms with Gasteiger partial charge in [0.2, 0.25) is 0 Å². The minimum atomic E-state index is -3.52. The summed E-state index contributed by atoms with van der Waals surface area (Å²) in [6.07, 6.45) is 1.56. The van der Waals surface area contributed by atoms with Crippen molar-refractivity contribution in [1.82, 2.24) is 14.8 Å². The summed E-state index contributed by atoms with van der Waals surface area (Å²) in [5.41, 5.74) is 1.73. The number of nitrogens with zero attached hydrogens (tertiary/aromatic N) is 3. The average Bonchev–Trinajstić information content (AvgIpc) is 2.92. The smallest absolute Gasteiger partial charge is 0.277 e. The number of benzene rings is 1. The fourth-order valence-corrected chi connectivity index (χ4v) is 4.63. The molecule has 1 aliphatic heterocycles. The van der Waals surface area contributed by atoms with Crippen LogP contribution in [-0.2, 0) is 22.6 Å². The molecule has 7 nitrogen and oxygen atoms in total. The number of aryl methyl sites for hydroxylation is 1. The van der Waals surface area contributed by atoms with Crippen LogP contribution in [0.3, 0.4) is 0 Å². The van der Waals surface area contributed by atoms with Crippen LogP contribution in [0.4, 0.5) is 5.82 Å². The van der Waals surface area contributed by atoms with E-state index in [4.69, 9.17) is 0 Å². The first kappa shape index (κ1) is 15.5. The molecule has 1 aromatic carbocycles. The van der Waals surface area contributed by atoms with E-state index >= 15 is 0 Å². The molecular formula is C17H14N4O3S. The molecule has 0 aliphatic carbocycles. The van der Waals surface area contributed by atoms with Crippen molar-refractivity contribution in [2.24, 2.45) is 7.05 Å². The standard InChI is InChI=1S/C17H14N4O3S/c1-21-16-11-6-2-3-7-13(11)25(23,24)10-12(16)15(20-21)17(22)19-14-8-4-5-9-18-14/h2-9H,10H2,1H3,(H,18,19,22). The number of fused-ring (bicyclic) bond motifs is 3. The van der Waals surface area contributed by atoms with Crippen LogP contribution in [0, 0.1) is 0 Å². The van der Waals surface area contributed by atoms with Crippen molar-refractivity contribution in [2.45, 2.75) is 10.6 Å². The second-order valence-electron chi connectivity index (χ2n) is 5.72. The third-order valence-corrected chi connectivity index (χ3v) is 5.77. The summed E-state index contributed by atoms with van der Waals surface area (Å²) in [7, 11) is -1.82. The highest BCUT2D eigenvalue weighted by molar-refractivity contribution is 7.90. The second-order valence-corrected chi connectivity index (χ2v) is 7.68. The van der Waals surface area contributed by atoms with Crippen LogP contribution in [0.1, 0.15) is 16.1 Å². The Bertz CT molecular complexity index is 1090. The van der Waals surface area contributed by atoms with E-state index in [2.05, 4.69) is 15.4 Å². The monoisotopic (exact) mass is 354 g/mol. The van der Waals surface area contributed by atoms with E-state index < -0.39 is 15.7 Å². The Morgan fingerprint density at radius 3 is 2.68 bits per heavy atom. The predicted molar refractivity (Wildman–Crippen MR) is 91.7 cm³/mol. The summed E-state index contributed by atoms with van der Waals surface area (Å²) >= 11 is 0. The van der Waals surface area contributed by atoms with Gasteiger partial charge in [0.25, 0.3) is 5.91 Å². The summed E-state index contributed by atoms with van der Waals surface area (Å²) < 4.78 is 26.7. The maximum atomic E-state index is 12.6. The van der Waals surface area contributed by atoms with E-state index in [1.54, 1.807) is 60.4 Å². The molecule has 0 saturated carbocycles. The summed E-state index contributed by atoms with van der Waals surface area (Å²) in [6, 6.07) is 11.9. The summed E-state index contributed by atoms with van der Waals surface area (Å²) in [6.45, 7) is 0. The number of pyridine rings is 1. The van der Waals surface area contributed by atoms with E-state index in [1.165, 1.54) is 0 Å². The highest BCUT2D eigenvalue weighted by Crippen LogP contribution is 2.38. The Hall–Kier alpha value is -3.00. The third-order valence-electron chi connectivity index (χ3n) is 4.08. The number of carbonyl (C=O) groups is 1. The third kappa shape index (κ3) is 2.51. The first-order valence-corrected chi connectivity index (χ1v) is 9.23. The van der Waals surface area contributed by atoms with Gasteiger partial charge < -0.3 is 5.32 Å². The number of nitrogens with one attached hydrogen (secondary N) is 1. The fraction of sp³-hybridized carbons (Fsp3) is 0.118. The van der Waals surface area contributed by atoms with Crippen molar-refractivity contribution in [3.8, 4) is 11.3 Å². The molecule has 126 valence electrons. The number of hydrogen-bond acceptors (Lipinski definition) is 5. The molecular weight excluding hydrogens is 340 g/mol. The van der Waals surface area contributed by atoms with Crippen molar-refractivity contribution >= 4 is 21.6 Å². The van der Waals surface area contributed by atoms with Gasteiger partial charge in [-0.15, -0.1) is 0 Å². The number of anilines is 1. The minimum absolute atomic E-state index is 0.0984. The number of carbonyl (C=O) groups excluding carboxylic acids is 1. The maximum absolute atomic E-state index is 12.6. The summed E-state index contributed by atoms with van der Waals surface area (Å²) in [5, 5.41) is 6.92. The Kier molecular flexibility index (Phi) is 3.43. The van der Waals surface area contributed by atoms with Gasteiger partial charge in [0, 0.05) is 24.4 Å². The molecule has 0 unspecified atom stereocenters. The predicted octanol–water partition coefficient (Wildman–Crippen LogP) is 2.02.